The van der Waals surface area contributed by atoms with Crippen molar-refractivity contribution in [1.82, 2.24) is 10.4 Å². The standard InChI is InChI=1S/C11H8F3N3O/c12-11(13,14)10(18)17-16-9-6-5-7-3-1-2-4-8(7)15-9/h1-6H,(H,15,16)(H,17,18). The lowest BCUT2D eigenvalue weighted by Crippen LogP contribution is -2.40. The Balaban J connectivity index is 2.11. The van der Waals surface area contributed by atoms with E-state index in [1.807, 2.05) is 12.1 Å². The summed E-state index contributed by atoms with van der Waals surface area (Å²) in [5.74, 6) is -1.94. The largest absolute Gasteiger partial charge is 0.472 e. The van der Waals surface area contributed by atoms with Crippen molar-refractivity contribution in [2.75, 3.05) is 5.43 Å². The van der Waals surface area contributed by atoms with Crippen LogP contribution in [0.4, 0.5) is 19.0 Å². The molecule has 0 aliphatic carbocycles. The van der Waals surface area contributed by atoms with Gasteiger partial charge in [-0.25, -0.2) is 4.98 Å². The van der Waals surface area contributed by atoms with Gasteiger partial charge in [-0.1, -0.05) is 18.2 Å². The minimum atomic E-state index is -4.93. The minimum Gasteiger partial charge on any atom is -0.282 e. The third-order valence-corrected chi connectivity index (χ3v) is 2.16. The van der Waals surface area contributed by atoms with Gasteiger partial charge in [-0.15, -0.1) is 0 Å². The van der Waals surface area contributed by atoms with E-state index < -0.39 is 12.1 Å². The summed E-state index contributed by atoms with van der Waals surface area (Å²) >= 11 is 0. The maximum atomic E-state index is 11.9. The van der Waals surface area contributed by atoms with E-state index in [2.05, 4.69) is 10.4 Å². The van der Waals surface area contributed by atoms with Gasteiger partial charge in [0.05, 0.1) is 5.52 Å². The molecule has 7 heteroatoms. The van der Waals surface area contributed by atoms with E-state index >= 15 is 0 Å². The highest BCUT2D eigenvalue weighted by molar-refractivity contribution is 5.83. The second-order valence-corrected chi connectivity index (χ2v) is 3.47. The predicted octanol–water partition coefficient (Wildman–Crippen LogP) is 2.24. The van der Waals surface area contributed by atoms with Gasteiger partial charge in [-0.2, -0.15) is 13.2 Å². The molecule has 18 heavy (non-hydrogen) atoms. The van der Waals surface area contributed by atoms with Crippen LogP contribution < -0.4 is 10.9 Å². The highest BCUT2D eigenvalue weighted by Crippen LogP contribution is 2.16. The number of nitrogens with one attached hydrogen (secondary N) is 2. The van der Waals surface area contributed by atoms with Crippen LogP contribution in [0.2, 0.25) is 0 Å². The normalized spacial score (nSPS) is 11.3. The summed E-state index contributed by atoms with van der Waals surface area (Å²) in [6, 6.07) is 10.3. The smallest absolute Gasteiger partial charge is 0.282 e. The molecule has 1 aromatic heterocycles. The van der Waals surface area contributed by atoms with Crippen molar-refractivity contribution in [3.8, 4) is 0 Å². The Kier molecular flexibility index (Phi) is 3.05. The maximum Gasteiger partial charge on any atom is 0.472 e. The first-order valence-corrected chi connectivity index (χ1v) is 4.96. The van der Waals surface area contributed by atoms with Crippen LogP contribution >= 0.6 is 0 Å². The number of halogens is 3. The van der Waals surface area contributed by atoms with Crippen molar-refractivity contribution in [2.24, 2.45) is 0 Å². The topological polar surface area (TPSA) is 54.0 Å². The van der Waals surface area contributed by atoms with Gasteiger partial charge in [0, 0.05) is 5.39 Å². The Morgan fingerprint density at radius 2 is 1.83 bits per heavy atom. The highest BCUT2D eigenvalue weighted by Gasteiger charge is 2.38. The number of hydrogen-bond acceptors (Lipinski definition) is 3. The number of carbonyl (C=O) groups excluding carboxylic acids is 1. The minimum absolute atomic E-state index is 0.131. The predicted molar refractivity (Wildman–Crippen MR) is 59.6 cm³/mol. The van der Waals surface area contributed by atoms with E-state index in [0.717, 1.165) is 5.39 Å². The van der Waals surface area contributed by atoms with Crippen LogP contribution in [0, 0.1) is 0 Å². The quantitative estimate of drug-likeness (QED) is 0.809. The number of carbonyl (C=O) groups is 1. The summed E-state index contributed by atoms with van der Waals surface area (Å²) < 4.78 is 35.8. The first-order chi connectivity index (χ1) is 8.47. The van der Waals surface area contributed by atoms with Gasteiger partial charge < -0.3 is 0 Å². The molecule has 0 aliphatic rings. The van der Waals surface area contributed by atoms with Crippen LogP contribution in [0.5, 0.6) is 0 Å². The first-order valence-electron chi connectivity index (χ1n) is 4.96. The van der Waals surface area contributed by atoms with Crippen molar-refractivity contribution >= 4 is 22.6 Å². The molecule has 2 N–H and O–H groups in total. The molecule has 94 valence electrons. The molecule has 0 atom stereocenters. The number of anilines is 1. The van der Waals surface area contributed by atoms with Gasteiger partial charge >= 0.3 is 12.1 Å². The molecule has 0 fully saturated rings. The fraction of sp³-hybridized carbons (Fsp3) is 0.0909. The van der Waals surface area contributed by atoms with E-state index in [-0.39, 0.29) is 5.82 Å². The molecule has 4 nitrogen and oxygen atoms in total. The summed E-state index contributed by atoms with van der Waals surface area (Å²) in [4.78, 5) is 14.6. The number of hydrazine groups is 1. The highest BCUT2D eigenvalue weighted by atomic mass is 19.4. The van der Waals surface area contributed by atoms with Crippen LogP contribution in [-0.4, -0.2) is 17.1 Å². The Labute approximate surface area is 99.8 Å². The average Bonchev–Trinajstić information content (AvgIpc) is 2.34. The number of nitrogens with zero attached hydrogens (tertiary/aromatic N) is 1. The van der Waals surface area contributed by atoms with Gasteiger partial charge in [0.2, 0.25) is 0 Å². The van der Waals surface area contributed by atoms with Crippen LogP contribution in [-0.2, 0) is 4.79 Å². The van der Waals surface area contributed by atoms with E-state index in [4.69, 9.17) is 0 Å². The Morgan fingerprint density at radius 1 is 1.11 bits per heavy atom. The fourth-order valence-corrected chi connectivity index (χ4v) is 1.33. The number of hydrogen-bond donors (Lipinski definition) is 2. The zero-order valence-electron chi connectivity index (χ0n) is 8.95. The lowest BCUT2D eigenvalue weighted by Gasteiger charge is -2.09. The molecule has 0 radical (unpaired) electrons. The number of alkyl halides is 3. The molecule has 1 aromatic carbocycles. The molecule has 0 saturated heterocycles. The van der Waals surface area contributed by atoms with Gasteiger partial charge in [-0.3, -0.25) is 15.6 Å². The van der Waals surface area contributed by atoms with E-state index in [9.17, 15) is 18.0 Å². The third kappa shape index (κ3) is 2.68. The number of benzene rings is 1. The number of amides is 1. The van der Waals surface area contributed by atoms with Crippen molar-refractivity contribution in [1.29, 1.82) is 0 Å². The number of rotatable bonds is 2. The van der Waals surface area contributed by atoms with Crippen LogP contribution in [0.1, 0.15) is 0 Å². The van der Waals surface area contributed by atoms with Crippen LogP contribution in [0.15, 0.2) is 36.4 Å². The summed E-state index contributed by atoms with van der Waals surface area (Å²) in [7, 11) is 0. The van der Waals surface area contributed by atoms with Crippen LogP contribution in [0.3, 0.4) is 0 Å². The summed E-state index contributed by atoms with van der Waals surface area (Å²) in [5, 5.41) is 0.852. The number of para-hydroxylation sites is 1. The first kappa shape index (κ1) is 12.2. The van der Waals surface area contributed by atoms with Crippen molar-refractivity contribution in [2.45, 2.75) is 6.18 Å². The molecule has 2 aromatic rings. The molecule has 0 spiro atoms. The molecule has 0 unspecified atom stereocenters. The Hall–Kier alpha value is -2.31. The number of fused-ring (bicyclic) bond motifs is 1. The monoisotopic (exact) mass is 255 g/mol. The van der Waals surface area contributed by atoms with Crippen LogP contribution in [0.25, 0.3) is 10.9 Å². The lowest BCUT2D eigenvalue weighted by molar-refractivity contribution is -0.173. The van der Waals surface area contributed by atoms with Crippen molar-refractivity contribution < 1.29 is 18.0 Å². The molecular weight excluding hydrogens is 247 g/mol. The molecular formula is C11H8F3N3O. The van der Waals surface area contributed by atoms with Crippen molar-refractivity contribution in [3.63, 3.8) is 0 Å². The van der Waals surface area contributed by atoms with Gasteiger partial charge in [-0.05, 0) is 18.2 Å². The van der Waals surface area contributed by atoms with Crippen molar-refractivity contribution in [3.05, 3.63) is 36.4 Å². The molecule has 0 aliphatic heterocycles. The lowest BCUT2D eigenvalue weighted by atomic mass is 10.2. The Bertz CT molecular complexity index is 583. The fourth-order valence-electron chi connectivity index (χ4n) is 1.33. The maximum absolute atomic E-state index is 11.9. The average molecular weight is 255 g/mol. The summed E-state index contributed by atoms with van der Waals surface area (Å²) in [6.07, 6.45) is -4.93. The summed E-state index contributed by atoms with van der Waals surface area (Å²) in [5.41, 5.74) is 4.25. The molecule has 2 rings (SSSR count). The number of aromatic nitrogens is 1. The van der Waals surface area contributed by atoms with Gasteiger partial charge in [0.1, 0.15) is 5.82 Å². The molecule has 0 saturated carbocycles. The second kappa shape index (κ2) is 4.52. The molecule has 1 heterocycles. The van der Waals surface area contributed by atoms with E-state index in [0.29, 0.717) is 5.52 Å². The van der Waals surface area contributed by atoms with E-state index in [1.165, 1.54) is 11.5 Å². The number of pyridine rings is 1. The summed E-state index contributed by atoms with van der Waals surface area (Å²) in [6.45, 7) is 0. The van der Waals surface area contributed by atoms with Gasteiger partial charge in [0.15, 0.2) is 0 Å². The van der Waals surface area contributed by atoms with Gasteiger partial charge in [0.25, 0.3) is 0 Å². The molecule has 1 amide bonds. The SMILES string of the molecule is O=C(NNc1ccc2ccccc2n1)C(F)(F)F. The zero-order chi connectivity index (χ0) is 13.2. The second-order valence-electron chi connectivity index (χ2n) is 3.47. The zero-order valence-corrected chi connectivity index (χ0v) is 8.95. The van der Waals surface area contributed by atoms with E-state index in [1.54, 1.807) is 18.2 Å². The third-order valence-electron chi connectivity index (χ3n) is 2.16. The Morgan fingerprint density at radius 3 is 2.56 bits per heavy atom. The molecule has 0 bridgehead atoms.